The number of nitrogens with zero attached hydrogens (tertiary/aromatic N) is 1. The SMILES string of the molecule is COC1=CC[C@@H]2Cc3c(c4ccc(OC)cc4c4cc(OC)c(OC)cc34)CN2C1=O. The number of carbonyl (C=O) groups excluding carboxylic acids is 1. The summed E-state index contributed by atoms with van der Waals surface area (Å²) in [5.41, 5.74) is 2.43. The molecular weight excluding hydrogens is 394 g/mol. The monoisotopic (exact) mass is 419 g/mol. The van der Waals surface area contributed by atoms with Crippen LogP contribution in [-0.2, 0) is 22.5 Å². The largest absolute Gasteiger partial charge is 0.497 e. The maximum Gasteiger partial charge on any atom is 0.289 e. The summed E-state index contributed by atoms with van der Waals surface area (Å²) < 4.78 is 22.0. The summed E-state index contributed by atoms with van der Waals surface area (Å²) in [5, 5.41) is 4.41. The number of hydrogen-bond acceptors (Lipinski definition) is 5. The standard InChI is InChI=1S/C25H25NO5/c1-28-15-6-7-16-18(10-15)20-12-24(31-4)23(30-3)11-19(20)17-9-14-5-8-22(29-2)25(27)26(14)13-21(16)17/h6-8,10-12,14H,5,9,13H2,1-4H3/t14-/m1/s1. The lowest BCUT2D eigenvalue weighted by molar-refractivity contribution is -0.134. The zero-order valence-corrected chi connectivity index (χ0v) is 18.2. The highest BCUT2D eigenvalue weighted by Gasteiger charge is 2.36. The van der Waals surface area contributed by atoms with Gasteiger partial charge in [-0.15, -0.1) is 0 Å². The zero-order chi connectivity index (χ0) is 21.7. The van der Waals surface area contributed by atoms with Crippen LogP contribution in [-0.4, -0.2) is 45.3 Å². The summed E-state index contributed by atoms with van der Waals surface area (Å²) in [7, 11) is 6.52. The molecule has 0 fully saturated rings. The van der Waals surface area contributed by atoms with Crippen LogP contribution >= 0.6 is 0 Å². The van der Waals surface area contributed by atoms with Crippen LogP contribution in [0, 0.1) is 0 Å². The maximum atomic E-state index is 13.0. The Bertz CT molecular complexity index is 1250. The number of benzene rings is 3. The minimum absolute atomic E-state index is 0.0431. The first kappa shape index (κ1) is 19.5. The molecule has 160 valence electrons. The number of hydrogen-bond donors (Lipinski definition) is 0. The molecule has 0 saturated heterocycles. The first-order valence-corrected chi connectivity index (χ1v) is 10.3. The van der Waals surface area contributed by atoms with Gasteiger partial charge in [-0.2, -0.15) is 0 Å². The van der Waals surface area contributed by atoms with E-state index >= 15 is 0 Å². The molecule has 31 heavy (non-hydrogen) atoms. The smallest absolute Gasteiger partial charge is 0.289 e. The van der Waals surface area contributed by atoms with Gasteiger partial charge in [0, 0.05) is 12.6 Å². The first-order valence-electron chi connectivity index (χ1n) is 10.3. The molecule has 0 radical (unpaired) electrons. The van der Waals surface area contributed by atoms with Crippen LogP contribution in [0.25, 0.3) is 21.5 Å². The van der Waals surface area contributed by atoms with Crippen molar-refractivity contribution in [3.05, 3.63) is 53.3 Å². The summed E-state index contributed by atoms with van der Waals surface area (Å²) >= 11 is 0. The van der Waals surface area contributed by atoms with Crippen molar-refractivity contribution in [1.82, 2.24) is 4.90 Å². The van der Waals surface area contributed by atoms with Crippen LogP contribution in [0.5, 0.6) is 17.2 Å². The van der Waals surface area contributed by atoms with Crippen LogP contribution in [0.3, 0.4) is 0 Å². The number of ether oxygens (including phenoxy) is 4. The minimum Gasteiger partial charge on any atom is -0.497 e. The number of rotatable bonds is 4. The highest BCUT2D eigenvalue weighted by atomic mass is 16.5. The summed E-state index contributed by atoms with van der Waals surface area (Å²) in [5.74, 6) is 2.56. The highest BCUT2D eigenvalue weighted by molar-refractivity contribution is 6.12. The molecule has 6 heteroatoms. The Hall–Kier alpha value is -3.41. The molecule has 0 aliphatic carbocycles. The van der Waals surface area contributed by atoms with Gasteiger partial charge in [0.15, 0.2) is 17.3 Å². The highest BCUT2D eigenvalue weighted by Crippen LogP contribution is 2.44. The quantitative estimate of drug-likeness (QED) is 0.593. The molecule has 3 aromatic carbocycles. The molecule has 2 aliphatic rings. The van der Waals surface area contributed by atoms with Crippen molar-refractivity contribution in [3.8, 4) is 17.2 Å². The molecule has 0 aromatic heterocycles. The second-order valence-electron chi connectivity index (χ2n) is 7.92. The number of amides is 1. The van der Waals surface area contributed by atoms with E-state index in [1.165, 1.54) is 11.1 Å². The number of carbonyl (C=O) groups is 1. The van der Waals surface area contributed by atoms with Crippen LogP contribution in [0.2, 0.25) is 0 Å². The fraction of sp³-hybridized carbons (Fsp3) is 0.320. The molecule has 0 bridgehead atoms. The van der Waals surface area contributed by atoms with Crippen LogP contribution < -0.4 is 14.2 Å². The van der Waals surface area contributed by atoms with E-state index < -0.39 is 0 Å². The first-order chi connectivity index (χ1) is 15.1. The lowest BCUT2D eigenvalue weighted by Gasteiger charge is -2.40. The summed E-state index contributed by atoms with van der Waals surface area (Å²) in [6, 6.07) is 10.3. The Morgan fingerprint density at radius 1 is 0.806 bits per heavy atom. The number of methoxy groups -OCH3 is 4. The van der Waals surface area contributed by atoms with E-state index in [0.717, 1.165) is 40.1 Å². The Balaban J connectivity index is 1.81. The Morgan fingerprint density at radius 3 is 2.19 bits per heavy atom. The van der Waals surface area contributed by atoms with E-state index in [1.54, 1.807) is 28.4 Å². The molecule has 0 saturated carbocycles. The van der Waals surface area contributed by atoms with Gasteiger partial charge < -0.3 is 23.8 Å². The molecule has 0 unspecified atom stereocenters. The average Bonchev–Trinajstić information content (AvgIpc) is 2.82. The molecule has 2 aliphatic heterocycles. The third-order valence-electron chi connectivity index (χ3n) is 6.53. The Labute approximate surface area is 180 Å². The van der Waals surface area contributed by atoms with Gasteiger partial charge in [-0.05, 0) is 75.9 Å². The van der Waals surface area contributed by atoms with E-state index in [4.69, 9.17) is 18.9 Å². The minimum atomic E-state index is -0.0431. The van der Waals surface area contributed by atoms with Crippen LogP contribution in [0.15, 0.2) is 42.2 Å². The van der Waals surface area contributed by atoms with Crippen LogP contribution in [0.4, 0.5) is 0 Å². The van der Waals surface area contributed by atoms with Gasteiger partial charge in [0.1, 0.15) is 5.75 Å². The van der Waals surface area contributed by atoms with Gasteiger partial charge in [-0.3, -0.25) is 4.79 Å². The molecule has 5 rings (SSSR count). The zero-order valence-electron chi connectivity index (χ0n) is 18.2. The Morgan fingerprint density at radius 2 is 1.52 bits per heavy atom. The third kappa shape index (κ3) is 2.89. The van der Waals surface area contributed by atoms with Crippen molar-refractivity contribution in [1.29, 1.82) is 0 Å². The molecular formula is C25H25NO5. The van der Waals surface area contributed by atoms with E-state index in [0.29, 0.717) is 23.8 Å². The van der Waals surface area contributed by atoms with Crippen molar-refractivity contribution >= 4 is 27.5 Å². The second-order valence-corrected chi connectivity index (χ2v) is 7.92. The van der Waals surface area contributed by atoms with Crippen molar-refractivity contribution in [2.45, 2.75) is 25.4 Å². The van der Waals surface area contributed by atoms with Gasteiger partial charge >= 0.3 is 0 Å². The fourth-order valence-corrected chi connectivity index (χ4v) is 4.96. The van der Waals surface area contributed by atoms with E-state index in [2.05, 4.69) is 18.2 Å². The van der Waals surface area contributed by atoms with Gasteiger partial charge in [0.25, 0.3) is 5.91 Å². The van der Waals surface area contributed by atoms with Crippen molar-refractivity contribution < 1.29 is 23.7 Å². The van der Waals surface area contributed by atoms with Crippen molar-refractivity contribution in [3.63, 3.8) is 0 Å². The van der Waals surface area contributed by atoms with Gasteiger partial charge in [0.05, 0.1) is 28.4 Å². The second kappa shape index (κ2) is 7.38. The van der Waals surface area contributed by atoms with E-state index in [9.17, 15) is 4.79 Å². The summed E-state index contributed by atoms with van der Waals surface area (Å²) in [6.07, 6.45) is 3.47. The maximum absolute atomic E-state index is 13.0. The van der Waals surface area contributed by atoms with Crippen molar-refractivity contribution in [2.75, 3.05) is 28.4 Å². The third-order valence-corrected chi connectivity index (χ3v) is 6.53. The summed E-state index contributed by atoms with van der Waals surface area (Å²) in [6.45, 7) is 0.548. The molecule has 1 amide bonds. The Kier molecular flexibility index (Phi) is 4.65. The van der Waals surface area contributed by atoms with E-state index in [1.807, 2.05) is 23.1 Å². The fourth-order valence-electron chi connectivity index (χ4n) is 4.96. The van der Waals surface area contributed by atoms with Gasteiger partial charge in [-0.1, -0.05) is 6.07 Å². The summed E-state index contributed by atoms with van der Waals surface area (Å²) in [4.78, 5) is 14.9. The number of fused-ring (bicyclic) bond motifs is 7. The lowest BCUT2D eigenvalue weighted by Crippen LogP contribution is -2.47. The molecule has 1 atom stereocenters. The van der Waals surface area contributed by atoms with Gasteiger partial charge in [-0.25, -0.2) is 0 Å². The topological polar surface area (TPSA) is 57.2 Å². The van der Waals surface area contributed by atoms with Crippen molar-refractivity contribution in [2.24, 2.45) is 0 Å². The van der Waals surface area contributed by atoms with E-state index in [-0.39, 0.29) is 11.9 Å². The lowest BCUT2D eigenvalue weighted by atomic mass is 9.83. The normalized spacial score (nSPS) is 17.8. The predicted octanol–water partition coefficient (Wildman–Crippen LogP) is 4.21. The molecule has 2 heterocycles. The van der Waals surface area contributed by atoms with Crippen LogP contribution in [0.1, 0.15) is 17.5 Å². The van der Waals surface area contributed by atoms with Gasteiger partial charge in [0.2, 0.25) is 0 Å². The molecule has 3 aromatic rings. The molecule has 0 N–H and O–H groups in total. The average molecular weight is 419 g/mol. The molecule has 6 nitrogen and oxygen atoms in total. The molecule has 0 spiro atoms. The predicted molar refractivity (Wildman–Crippen MR) is 119 cm³/mol.